The molecule has 276 valence electrons. The SMILES string of the molecule is CCCCCCCCCCCCCc1ccc(O)cc1S(=O)(=O)O.CCCCCCCCCCCCCc1ccc([O-])cc1S(=O)(=O)[O-].[Ca+2]. The van der Waals surface area contributed by atoms with Gasteiger partial charge in [-0.05, 0) is 42.9 Å². The monoisotopic (exact) mass is 750 g/mol. The molecule has 2 aromatic carbocycles. The van der Waals surface area contributed by atoms with Gasteiger partial charge in [0.15, 0.2) is 0 Å². The molecule has 2 rings (SSSR count). The van der Waals surface area contributed by atoms with Gasteiger partial charge in [-0.3, -0.25) is 4.55 Å². The van der Waals surface area contributed by atoms with E-state index in [9.17, 15) is 36.2 Å². The number of aryl methyl sites for hydroxylation is 2. The maximum Gasteiger partial charge on any atom is 2.00 e. The number of benzene rings is 2. The summed E-state index contributed by atoms with van der Waals surface area (Å²) in [5.41, 5.74) is 1.05. The predicted octanol–water partition coefficient (Wildman–Crippen LogP) is 9.63. The first kappa shape index (κ1) is 48.1. The summed E-state index contributed by atoms with van der Waals surface area (Å²) >= 11 is 0. The Hall–Kier alpha value is -0.880. The van der Waals surface area contributed by atoms with E-state index in [4.69, 9.17) is 0 Å². The van der Waals surface area contributed by atoms with Gasteiger partial charge in [-0.25, -0.2) is 8.42 Å². The van der Waals surface area contributed by atoms with Crippen LogP contribution in [0.25, 0.3) is 0 Å². The Bertz CT molecular complexity index is 1240. The Kier molecular flexibility index (Phi) is 28.2. The van der Waals surface area contributed by atoms with E-state index in [1.54, 1.807) is 6.07 Å². The molecular weight excluding hydrogens is 689 g/mol. The second-order valence-electron chi connectivity index (χ2n) is 13.1. The Morgan fingerprint density at radius 3 is 1.24 bits per heavy atom. The molecule has 0 atom stereocenters. The van der Waals surface area contributed by atoms with Gasteiger partial charge in [0.1, 0.15) is 20.8 Å². The van der Waals surface area contributed by atoms with E-state index in [2.05, 4.69) is 13.8 Å². The number of phenolic OH excluding ortho intramolecular Hbond substituents is 1. The second-order valence-corrected chi connectivity index (χ2v) is 15.8. The van der Waals surface area contributed by atoms with Crippen LogP contribution in [0.1, 0.15) is 166 Å². The molecule has 0 aliphatic carbocycles. The van der Waals surface area contributed by atoms with Crippen molar-refractivity contribution in [2.24, 2.45) is 0 Å². The van der Waals surface area contributed by atoms with Crippen LogP contribution in [0.5, 0.6) is 11.5 Å². The fraction of sp³-hybridized carbons (Fsp3) is 0.684. The second kappa shape index (κ2) is 28.7. The minimum Gasteiger partial charge on any atom is -0.872 e. The van der Waals surface area contributed by atoms with Crippen LogP contribution in [0.3, 0.4) is 0 Å². The molecule has 2 aromatic rings. The van der Waals surface area contributed by atoms with Gasteiger partial charge in [0, 0.05) is 6.07 Å². The van der Waals surface area contributed by atoms with E-state index >= 15 is 0 Å². The summed E-state index contributed by atoms with van der Waals surface area (Å²) in [5.74, 6) is -0.586. The van der Waals surface area contributed by atoms with Crippen molar-refractivity contribution in [3.05, 3.63) is 47.5 Å². The van der Waals surface area contributed by atoms with Crippen molar-refractivity contribution < 1.29 is 36.2 Å². The molecule has 11 heteroatoms. The molecule has 0 fully saturated rings. The molecule has 0 aromatic heterocycles. The summed E-state index contributed by atoms with van der Waals surface area (Å²) < 4.78 is 65.6. The van der Waals surface area contributed by atoms with Gasteiger partial charge in [0.2, 0.25) is 0 Å². The van der Waals surface area contributed by atoms with E-state index < -0.39 is 26.0 Å². The molecule has 0 heterocycles. The first-order valence-electron chi connectivity index (χ1n) is 18.4. The molecule has 8 nitrogen and oxygen atoms in total. The summed E-state index contributed by atoms with van der Waals surface area (Å²) in [6, 6.07) is 7.89. The average Bonchev–Trinajstić information content (AvgIpc) is 3.03. The quantitative estimate of drug-likeness (QED) is 0.0547. The van der Waals surface area contributed by atoms with Gasteiger partial charge in [-0.15, -0.1) is 5.75 Å². The average molecular weight is 751 g/mol. The molecule has 49 heavy (non-hydrogen) atoms. The first-order chi connectivity index (χ1) is 22.9. The molecule has 0 radical (unpaired) electrons. The summed E-state index contributed by atoms with van der Waals surface area (Å²) in [4.78, 5) is -0.517. The standard InChI is InChI=1S/2C19H32O4S.Ca/c2*1-2-3-4-5-6-7-8-9-10-11-12-13-17-14-15-18(20)16-19(17)24(21,22)23;/h2*14-16,20H,2-13H2,1H3,(H,21,22,23);/q;;+2/p-2. The van der Waals surface area contributed by atoms with Gasteiger partial charge in [-0.2, -0.15) is 8.42 Å². The van der Waals surface area contributed by atoms with Gasteiger partial charge in [-0.1, -0.05) is 167 Å². The third kappa shape index (κ3) is 24.1. The van der Waals surface area contributed by atoms with Gasteiger partial charge >= 0.3 is 37.7 Å². The molecule has 2 N–H and O–H groups in total. The summed E-state index contributed by atoms with van der Waals surface area (Å²) in [6.07, 6.45) is 28.2. The van der Waals surface area contributed by atoms with Crippen LogP contribution in [0.2, 0.25) is 0 Å². The topological polar surface area (TPSA) is 155 Å². The fourth-order valence-electron chi connectivity index (χ4n) is 5.92. The zero-order valence-corrected chi connectivity index (χ0v) is 34.1. The molecular formula is C38H62CaO8S2. The molecule has 0 bridgehead atoms. The minimum atomic E-state index is -4.57. The summed E-state index contributed by atoms with van der Waals surface area (Å²) in [6.45, 7) is 4.46. The largest absolute Gasteiger partial charge is 2.00 e. The van der Waals surface area contributed by atoms with Gasteiger partial charge in [0.05, 0.1) is 4.90 Å². The minimum absolute atomic E-state index is 0. The number of phenols is 1. The molecule has 0 amide bonds. The predicted molar refractivity (Wildman–Crippen MR) is 198 cm³/mol. The fourth-order valence-corrected chi connectivity index (χ4v) is 7.45. The zero-order chi connectivity index (χ0) is 35.7. The van der Waals surface area contributed by atoms with Crippen molar-refractivity contribution in [2.45, 2.75) is 178 Å². The van der Waals surface area contributed by atoms with E-state index in [0.717, 1.165) is 50.7 Å². The van der Waals surface area contributed by atoms with Crippen molar-refractivity contribution in [1.82, 2.24) is 0 Å². The molecule has 0 spiro atoms. The van der Waals surface area contributed by atoms with Crippen LogP contribution < -0.4 is 5.11 Å². The number of hydrogen-bond acceptors (Lipinski definition) is 7. The van der Waals surface area contributed by atoms with E-state index in [0.29, 0.717) is 24.0 Å². The molecule has 0 aliphatic heterocycles. The number of rotatable bonds is 26. The number of unbranched alkanes of at least 4 members (excludes halogenated alkanes) is 20. The van der Waals surface area contributed by atoms with Crippen LogP contribution >= 0.6 is 0 Å². The third-order valence-electron chi connectivity index (χ3n) is 8.74. The third-order valence-corrected chi connectivity index (χ3v) is 10.6. The van der Waals surface area contributed by atoms with Crippen molar-refractivity contribution >= 4 is 58.0 Å². The van der Waals surface area contributed by atoms with Crippen LogP contribution in [0.4, 0.5) is 0 Å². The van der Waals surface area contributed by atoms with Crippen LogP contribution in [0.15, 0.2) is 46.2 Å². The molecule has 0 saturated carbocycles. The van der Waals surface area contributed by atoms with Crippen molar-refractivity contribution in [1.29, 1.82) is 0 Å². The van der Waals surface area contributed by atoms with Gasteiger partial charge < -0.3 is 14.8 Å². The van der Waals surface area contributed by atoms with Crippen LogP contribution in [-0.2, 0) is 33.1 Å². The van der Waals surface area contributed by atoms with Crippen LogP contribution in [-0.4, -0.2) is 68.8 Å². The maximum atomic E-state index is 11.4. The van der Waals surface area contributed by atoms with Crippen LogP contribution in [0, 0.1) is 0 Å². The number of hydrogen-bond donors (Lipinski definition) is 2. The first-order valence-corrected chi connectivity index (χ1v) is 21.3. The normalized spacial score (nSPS) is 11.5. The molecule has 0 aliphatic rings. The summed E-state index contributed by atoms with van der Waals surface area (Å²) in [5, 5.41) is 20.6. The van der Waals surface area contributed by atoms with Gasteiger partial charge in [0.25, 0.3) is 10.1 Å². The Labute approximate surface area is 328 Å². The smallest absolute Gasteiger partial charge is 0.872 e. The number of aromatic hydroxyl groups is 1. The Morgan fingerprint density at radius 2 is 0.878 bits per heavy atom. The molecule has 0 saturated heterocycles. The van der Waals surface area contributed by atoms with Crippen molar-refractivity contribution in [3.63, 3.8) is 0 Å². The van der Waals surface area contributed by atoms with E-state index in [1.165, 1.54) is 121 Å². The van der Waals surface area contributed by atoms with E-state index in [1.807, 2.05) is 0 Å². The zero-order valence-electron chi connectivity index (χ0n) is 30.3. The Balaban J connectivity index is 0.000000922. The maximum absolute atomic E-state index is 11.4. The Morgan fingerprint density at radius 1 is 0.531 bits per heavy atom. The van der Waals surface area contributed by atoms with Crippen molar-refractivity contribution in [2.75, 3.05) is 0 Å². The van der Waals surface area contributed by atoms with E-state index in [-0.39, 0.29) is 53.3 Å². The molecule has 0 unspecified atom stereocenters. The summed E-state index contributed by atoms with van der Waals surface area (Å²) in [7, 11) is -8.85. The van der Waals surface area contributed by atoms with Crippen molar-refractivity contribution in [3.8, 4) is 11.5 Å².